The number of imidazole rings is 2. The molecule has 43 heavy (non-hydrogen) atoms. The molecule has 6 rings (SSSR count). The average molecular weight is 581 g/mol. The summed E-state index contributed by atoms with van der Waals surface area (Å²) in [4.78, 5) is 56.8. The molecule has 13 heteroatoms. The number of nitrogens with zero attached hydrogens (tertiary/aromatic N) is 3. The molecular formula is C30H28N8O5. The molecule has 0 spiro atoms. The molecule has 0 aliphatic heterocycles. The van der Waals surface area contributed by atoms with Crippen LogP contribution in [-0.4, -0.2) is 65.0 Å². The minimum absolute atomic E-state index is 0.0679. The summed E-state index contributed by atoms with van der Waals surface area (Å²) in [5.74, 6) is -0.664. The number of benzene rings is 2. The fourth-order valence-corrected chi connectivity index (χ4v) is 4.29. The lowest BCUT2D eigenvalue weighted by molar-refractivity contribution is 0.0941. The van der Waals surface area contributed by atoms with Crippen molar-refractivity contribution in [3.63, 3.8) is 0 Å². The lowest BCUT2D eigenvalue weighted by Crippen LogP contribution is -2.27. The summed E-state index contributed by atoms with van der Waals surface area (Å²) in [5.41, 5.74) is 2.64. The Balaban J connectivity index is 0.000000171. The first-order valence-corrected chi connectivity index (χ1v) is 13.3. The Morgan fingerprint density at radius 1 is 0.791 bits per heavy atom. The maximum atomic E-state index is 12.1. The van der Waals surface area contributed by atoms with Gasteiger partial charge in [0.05, 0.1) is 18.2 Å². The third-order valence-corrected chi connectivity index (χ3v) is 6.49. The van der Waals surface area contributed by atoms with E-state index in [0.29, 0.717) is 36.8 Å². The van der Waals surface area contributed by atoms with Crippen molar-refractivity contribution in [3.8, 4) is 11.5 Å². The molecule has 4 aromatic heterocycles. The van der Waals surface area contributed by atoms with Crippen LogP contribution < -0.4 is 16.1 Å². The molecule has 0 fully saturated rings. The van der Waals surface area contributed by atoms with Crippen molar-refractivity contribution in [2.24, 2.45) is 0 Å². The number of fused-ring (bicyclic) bond motifs is 2. The largest absolute Gasteiger partial charge is 0.506 e. The molecule has 6 aromatic rings. The molecular weight excluding hydrogens is 552 g/mol. The fraction of sp³-hybridized carbons (Fsp3) is 0.133. The van der Waals surface area contributed by atoms with E-state index in [-0.39, 0.29) is 39.7 Å². The highest BCUT2D eigenvalue weighted by Crippen LogP contribution is 2.22. The summed E-state index contributed by atoms with van der Waals surface area (Å²) in [6.07, 6.45) is 7.85. The number of rotatable bonds is 8. The minimum atomic E-state index is -0.401. The van der Waals surface area contributed by atoms with E-state index in [1.54, 1.807) is 61.4 Å². The van der Waals surface area contributed by atoms with Gasteiger partial charge in [0.15, 0.2) is 5.43 Å². The van der Waals surface area contributed by atoms with Gasteiger partial charge in [-0.15, -0.1) is 0 Å². The maximum Gasteiger partial charge on any atom is 0.269 e. The van der Waals surface area contributed by atoms with E-state index in [9.17, 15) is 24.6 Å². The molecule has 2 amide bonds. The van der Waals surface area contributed by atoms with Crippen LogP contribution in [0.5, 0.6) is 11.5 Å². The van der Waals surface area contributed by atoms with Crippen LogP contribution in [0.15, 0.2) is 84.4 Å². The number of hydrogen-bond donors (Lipinski definition) is 7. The molecule has 0 bridgehead atoms. The maximum absolute atomic E-state index is 12.1. The third kappa shape index (κ3) is 7.03. The molecule has 0 saturated heterocycles. The second kappa shape index (κ2) is 13.1. The van der Waals surface area contributed by atoms with Gasteiger partial charge in [-0.05, 0) is 24.3 Å². The SMILES string of the molecule is O=C(NCCc1cnc[nH]1)c1cc(=O)c2cccc(O)c2[nH]1.O=C(NCCc1cnc[nH]1)c1ccc2cccc(O)c2n1. The zero-order valence-electron chi connectivity index (χ0n) is 22.8. The number of phenols is 2. The van der Waals surface area contributed by atoms with Gasteiger partial charge in [-0.25, -0.2) is 15.0 Å². The number of carbonyl (C=O) groups is 2. The average Bonchev–Trinajstić information content (AvgIpc) is 3.73. The van der Waals surface area contributed by atoms with Gasteiger partial charge in [0.1, 0.15) is 28.4 Å². The van der Waals surface area contributed by atoms with E-state index >= 15 is 0 Å². The number of pyridine rings is 2. The molecule has 2 aromatic carbocycles. The Labute approximate surface area is 244 Å². The summed E-state index contributed by atoms with van der Waals surface area (Å²) < 4.78 is 0. The Morgan fingerprint density at radius 3 is 2.12 bits per heavy atom. The van der Waals surface area contributed by atoms with Crippen LogP contribution in [0.4, 0.5) is 0 Å². The lowest BCUT2D eigenvalue weighted by atomic mass is 10.1. The van der Waals surface area contributed by atoms with E-state index < -0.39 is 5.91 Å². The number of amides is 2. The van der Waals surface area contributed by atoms with Crippen LogP contribution >= 0.6 is 0 Å². The first-order chi connectivity index (χ1) is 20.9. The first-order valence-electron chi connectivity index (χ1n) is 13.3. The van der Waals surface area contributed by atoms with Crippen LogP contribution in [0.2, 0.25) is 0 Å². The minimum Gasteiger partial charge on any atom is -0.506 e. The van der Waals surface area contributed by atoms with Gasteiger partial charge in [-0.2, -0.15) is 0 Å². The molecule has 0 saturated carbocycles. The number of aromatic amines is 3. The zero-order chi connectivity index (χ0) is 30.2. The van der Waals surface area contributed by atoms with Crippen molar-refractivity contribution in [3.05, 3.63) is 113 Å². The van der Waals surface area contributed by atoms with Gasteiger partial charge in [-0.3, -0.25) is 14.4 Å². The number of para-hydroxylation sites is 2. The number of carbonyl (C=O) groups excluding carboxylic acids is 2. The van der Waals surface area contributed by atoms with Gasteiger partial charge in [0.2, 0.25) is 0 Å². The van der Waals surface area contributed by atoms with Crippen LogP contribution in [0, 0.1) is 0 Å². The number of aromatic hydroxyl groups is 2. The van der Waals surface area contributed by atoms with Crippen LogP contribution in [-0.2, 0) is 12.8 Å². The second-order valence-electron chi connectivity index (χ2n) is 9.46. The van der Waals surface area contributed by atoms with E-state index in [1.165, 1.54) is 12.1 Å². The number of phenolic OH excluding ortho intramolecular Hbond substituents is 2. The third-order valence-electron chi connectivity index (χ3n) is 6.49. The molecule has 0 atom stereocenters. The van der Waals surface area contributed by atoms with Gasteiger partial charge in [0.25, 0.3) is 11.8 Å². The number of aromatic nitrogens is 6. The highest BCUT2D eigenvalue weighted by Gasteiger charge is 2.12. The Bertz CT molecular complexity index is 1920. The van der Waals surface area contributed by atoms with Crippen molar-refractivity contribution in [2.45, 2.75) is 12.8 Å². The summed E-state index contributed by atoms with van der Waals surface area (Å²) in [5, 5.41) is 26.2. The van der Waals surface area contributed by atoms with Crippen LogP contribution in [0.3, 0.4) is 0 Å². The molecule has 0 unspecified atom stereocenters. The Hall–Kier alpha value is -5.98. The van der Waals surface area contributed by atoms with E-state index in [2.05, 4.69) is 40.5 Å². The molecule has 7 N–H and O–H groups in total. The first kappa shape index (κ1) is 28.5. The van der Waals surface area contributed by atoms with Crippen LogP contribution in [0.1, 0.15) is 32.4 Å². The highest BCUT2D eigenvalue weighted by molar-refractivity contribution is 5.96. The monoisotopic (exact) mass is 580 g/mol. The van der Waals surface area contributed by atoms with Crippen molar-refractivity contribution in [1.82, 2.24) is 40.5 Å². The Morgan fingerprint density at radius 2 is 1.44 bits per heavy atom. The zero-order valence-corrected chi connectivity index (χ0v) is 22.8. The standard InChI is InChI=1S/C15H14N4O3.C15H14N4O2/c20-12-3-1-2-10-13(21)6-11(19-14(10)12)15(22)17-5-4-9-7-16-8-18-9;20-13-3-1-2-10-4-5-12(19-14(10)13)15(21)17-7-6-11-8-16-9-18-11/h1-3,6-8,20H,4-5H2,(H,16,18)(H,17,22)(H,19,21);1-5,8-9,20H,6-7H2,(H,16,18)(H,17,21). The molecule has 13 nitrogen and oxygen atoms in total. The Kier molecular flexibility index (Phi) is 8.71. The van der Waals surface area contributed by atoms with E-state index in [4.69, 9.17) is 0 Å². The smallest absolute Gasteiger partial charge is 0.269 e. The quantitative estimate of drug-likeness (QED) is 0.142. The second-order valence-corrected chi connectivity index (χ2v) is 9.46. The molecule has 4 heterocycles. The van der Waals surface area contributed by atoms with Crippen LogP contribution in [0.25, 0.3) is 21.8 Å². The van der Waals surface area contributed by atoms with Gasteiger partial charge < -0.3 is 35.8 Å². The van der Waals surface area contributed by atoms with Gasteiger partial charge in [0, 0.05) is 66.6 Å². The fourth-order valence-electron chi connectivity index (χ4n) is 4.29. The summed E-state index contributed by atoms with van der Waals surface area (Å²) in [6, 6.07) is 14.4. The van der Waals surface area contributed by atoms with Crippen molar-refractivity contribution < 1.29 is 19.8 Å². The summed E-state index contributed by atoms with van der Waals surface area (Å²) in [6.45, 7) is 0.892. The summed E-state index contributed by atoms with van der Waals surface area (Å²) in [7, 11) is 0. The molecule has 218 valence electrons. The highest BCUT2D eigenvalue weighted by atomic mass is 16.3. The predicted octanol–water partition coefficient (Wildman–Crippen LogP) is 2.57. The topological polar surface area (TPSA) is 202 Å². The van der Waals surface area contributed by atoms with Gasteiger partial charge >= 0.3 is 0 Å². The number of nitrogens with one attached hydrogen (secondary N) is 5. The number of H-pyrrole nitrogens is 3. The van der Waals surface area contributed by atoms with E-state index in [0.717, 1.165) is 16.8 Å². The van der Waals surface area contributed by atoms with Crippen molar-refractivity contribution in [1.29, 1.82) is 0 Å². The van der Waals surface area contributed by atoms with Crippen molar-refractivity contribution in [2.75, 3.05) is 13.1 Å². The lowest BCUT2D eigenvalue weighted by Gasteiger charge is -2.07. The van der Waals surface area contributed by atoms with Gasteiger partial charge in [-0.1, -0.05) is 24.3 Å². The predicted molar refractivity (Wildman–Crippen MR) is 159 cm³/mol. The normalized spacial score (nSPS) is 10.7. The molecule has 0 aliphatic rings. The molecule has 0 radical (unpaired) electrons. The summed E-state index contributed by atoms with van der Waals surface area (Å²) >= 11 is 0. The molecule has 0 aliphatic carbocycles. The number of hydrogen-bond acceptors (Lipinski definition) is 8. The van der Waals surface area contributed by atoms with Crippen molar-refractivity contribution >= 4 is 33.6 Å². The van der Waals surface area contributed by atoms with E-state index in [1.807, 2.05) is 6.07 Å².